The highest BCUT2D eigenvalue weighted by molar-refractivity contribution is 7.92. The monoisotopic (exact) mass is 380 g/mol. The van der Waals surface area contributed by atoms with Crippen LogP contribution in [0.5, 0.6) is 0 Å². The summed E-state index contributed by atoms with van der Waals surface area (Å²) in [5.41, 5.74) is 2.25. The van der Waals surface area contributed by atoms with Crippen LogP contribution in [0.1, 0.15) is 18.9 Å². The third-order valence-electron chi connectivity index (χ3n) is 4.89. The molecule has 1 aliphatic heterocycles. The van der Waals surface area contributed by atoms with Gasteiger partial charge in [0, 0.05) is 24.0 Å². The zero-order valence-corrected chi connectivity index (χ0v) is 15.8. The number of benzene rings is 3. The minimum Gasteiger partial charge on any atom is -0.312 e. The first-order chi connectivity index (χ1) is 13.0. The highest BCUT2D eigenvalue weighted by atomic mass is 32.2. The second kappa shape index (κ2) is 6.70. The Morgan fingerprint density at radius 2 is 1.85 bits per heavy atom. The summed E-state index contributed by atoms with van der Waals surface area (Å²) in [7, 11) is -3.72. The van der Waals surface area contributed by atoms with E-state index in [4.69, 9.17) is 0 Å². The fraction of sp³-hybridized carbons (Fsp3) is 0.190. The molecule has 0 aliphatic carbocycles. The number of rotatable bonds is 4. The van der Waals surface area contributed by atoms with Crippen LogP contribution in [-0.4, -0.2) is 20.9 Å². The van der Waals surface area contributed by atoms with Crippen LogP contribution in [0.2, 0.25) is 0 Å². The SMILES string of the molecule is CCC(=O)N1CCc2cc(S(=O)(=O)Nc3cccc4ccccc34)ccc21. The average Bonchev–Trinajstić information content (AvgIpc) is 3.11. The van der Waals surface area contributed by atoms with Gasteiger partial charge in [0.1, 0.15) is 0 Å². The Labute approximate surface area is 158 Å². The summed E-state index contributed by atoms with van der Waals surface area (Å²) in [4.78, 5) is 14.0. The summed E-state index contributed by atoms with van der Waals surface area (Å²) in [5.74, 6) is 0.0539. The van der Waals surface area contributed by atoms with Crippen LogP contribution in [0.4, 0.5) is 11.4 Å². The zero-order valence-electron chi connectivity index (χ0n) is 15.0. The van der Waals surface area contributed by atoms with Crippen molar-refractivity contribution in [1.29, 1.82) is 0 Å². The molecule has 3 aromatic rings. The van der Waals surface area contributed by atoms with Gasteiger partial charge in [0.05, 0.1) is 10.6 Å². The number of anilines is 2. The van der Waals surface area contributed by atoms with E-state index < -0.39 is 10.0 Å². The van der Waals surface area contributed by atoms with Gasteiger partial charge in [0.15, 0.2) is 0 Å². The Morgan fingerprint density at radius 3 is 2.67 bits per heavy atom. The summed E-state index contributed by atoms with van der Waals surface area (Å²) < 4.78 is 28.6. The lowest BCUT2D eigenvalue weighted by molar-refractivity contribution is -0.118. The van der Waals surface area contributed by atoms with Crippen molar-refractivity contribution in [3.8, 4) is 0 Å². The molecule has 0 radical (unpaired) electrons. The van der Waals surface area contributed by atoms with Crippen molar-refractivity contribution >= 4 is 38.1 Å². The fourth-order valence-corrected chi connectivity index (χ4v) is 4.64. The normalized spacial score (nSPS) is 13.6. The number of hydrogen-bond acceptors (Lipinski definition) is 3. The van der Waals surface area contributed by atoms with Gasteiger partial charge < -0.3 is 4.90 Å². The highest BCUT2D eigenvalue weighted by Crippen LogP contribution is 2.32. The fourth-order valence-electron chi connectivity index (χ4n) is 3.51. The van der Waals surface area contributed by atoms with Crippen LogP contribution >= 0.6 is 0 Å². The van der Waals surface area contributed by atoms with Gasteiger partial charge >= 0.3 is 0 Å². The van der Waals surface area contributed by atoms with E-state index in [1.807, 2.05) is 43.3 Å². The van der Waals surface area contributed by atoms with E-state index in [2.05, 4.69) is 4.72 Å². The largest absolute Gasteiger partial charge is 0.312 e. The molecule has 1 heterocycles. The van der Waals surface area contributed by atoms with Crippen LogP contribution in [0.3, 0.4) is 0 Å². The maximum absolute atomic E-state index is 12.9. The van der Waals surface area contributed by atoms with Gasteiger partial charge in [-0.2, -0.15) is 0 Å². The molecule has 0 bridgehead atoms. The molecule has 0 fully saturated rings. The number of amides is 1. The van der Waals surface area contributed by atoms with Gasteiger partial charge in [-0.1, -0.05) is 43.3 Å². The molecule has 1 amide bonds. The molecule has 4 rings (SSSR count). The summed E-state index contributed by atoms with van der Waals surface area (Å²) >= 11 is 0. The van der Waals surface area contributed by atoms with Crippen molar-refractivity contribution in [2.45, 2.75) is 24.7 Å². The molecule has 5 nitrogen and oxygen atoms in total. The van der Waals surface area contributed by atoms with Gasteiger partial charge in [0.2, 0.25) is 5.91 Å². The number of carbonyl (C=O) groups excluding carboxylic acids is 1. The van der Waals surface area contributed by atoms with Gasteiger partial charge in [-0.3, -0.25) is 9.52 Å². The van der Waals surface area contributed by atoms with E-state index in [0.717, 1.165) is 22.0 Å². The van der Waals surface area contributed by atoms with Gasteiger partial charge in [-0.25, -0.2) is 8.42 Å². The Hall–Kier alpha value is -2.86. The molecule has 0 unspecified atom stereocenters. The summed E-state index contributed by atoms with van der Waals surface area (Å²) in [6.07, 6.45) is 1.10. The van der Waals surface area contributed by atoms with Crippen molar-refractivity contribution in [2.24, 2.45) is 0 Å². The first kappa shape index (κ1) is 17.5. The molecule has 0 aromatic heterocycles. The van der Waals surface area contributed by atoms with Gasteiger partial charge in [-0.15, -0.1) is 0 Å². The molecule has 0 saturated heterocycles. The number of carbonyl (C=O) groups is 1. The minimum atomic E-state index is -3.72. The third-order valence-corrected chi connectivity index (χ3v) is 6.26. The van der Waals surface area contributed by atoms with Crippen molar-refractivity contribution in [3.63, 3.8) is 0 Å². The zero-order chi connectivity index (χ0) is 19.0. The molecule has 0 spiro atoms. The second-order valence-corrected chi connectivity index (χ2v) is 8.25. The topological polar surface area (TPSA) is 66.5 Å². The van der Waals surface area contributed by atoms with Crippen LogP contribution in [0.15, 0.2) is 65.6 Å². The van der Waals surface area contributed by atoms with E-state index >= 15 is 0 Å². The van der Waals surface area contributed by atoms with Crippen LogP contribution in [-0.2, 0) is 21.2 Å². The van der Waals surface area contributed by atoms with Crippen molar-refractivity contribution in [2.75, 3.05) is 16.2 Å². The lowest BCUT2D eigenvalue weighted by Crippen LogP contribution is -2.27. The number of nitrogens with one attached hydrogen (secondary N) is 1. The maximum atomic E-state index is 12.9. The molecule has 138 valence electrons. The number of nitrogens with zero attached hydrogens (tertiary/aromatic N) is 1. The molecule has 0 saturated carbocycles. The van der Waals surface area contributed by atoms with E-state index in [0.29, 0.717) is 25.1 Å². The molecule has 27 heavy (non-hydrogen) atoms. The Bertz CT molecular complexity index is 1130. The van der Waals surface area contributed by atoms with Crippen LogP contribution in [0, 0.1) is 0 Å². The Kier molecular flexibility index (Phi) is 4.36. The average molecular weight is 380 g/mol. The molecule has 1 aliphatic rings. The van der Waals surface area contributed by atoms with Crippen molar-refractivity contribution in [1.82, 2.24) is 0 Å². The smallest absolute Gasteiger partial charge is 0.261 e. The third kappa shape index (κ3) is 3.17. The van der Waals surface area contributed by atoms with Gasteiger partial charge in [-0.05, 0) is 41.6 Å². The Balaban J connectivity index is 1.68. The molecule has 6 heteroatoms. The van der Waals surface area contributed by atoms with E-state index in [-0.39, 0.29) is 10.8 Å². The summed E-state index contributed by atoms with van der Waals surface area (Å²) in [6, 6.07) is 18.1. The second-order valence-electron chi connectivity index (χ2n) is 6.57. The molecule has 1 N–H and O–H groups in total. The highest BCUT2D eigenvalue weighted by Gasteiger charge is 2.26. The predicted octanol–water partition coefficient (Wildman–Crippen LogP) is 3.94. The lowest BCUT2D eigenvalue weighted by atomic mass is 10.1. The molecular formula is C21H20N2O3S. The van der Waals surface area contributed by atoms with E-state index in [1.54, 1.807) is 29.2 Å². The van der Waals surface area contributed by atoms with Crippen LogP contribution in [0.25, 0.3) is 10.8 Å². The number of hydrogen-bond donors (Lipinski definition) is 1. The van der Waals surface area contributed by atoms with Gasteiger partial charge in [0.25, 0.3) is 10.0 Å². The standard InChI is InChI=1S/C21H20N2O3S/c1-2-21(24)23-13-12-16-14-17(10-11-20(16)23)27(25,26)22-19-9-5-7-15-6-3-4-8-18(15)19/h3-11,14,22H,2,12-13H2,1H3. The summed E-state index contributed by atoms with van der Waals surface area (Å²) in [6.45, 7) is 2.43. The quantitative estimate of drug-likeness (QED) is 0.745. The predicted molar refractivity (Wildman–Crippen MR) is 108 cm³/mol. The maximum Gasteiger partial charge on any atom is 0.261 e. The van der Waals surface area contributed by atoms with Crippen molar-refractivity contribution < 1.29 is 13.2 Å². The van der Waals surface area contributed by atoms with Crippen LogP contribution < -0.4 is 9.62 Å². The lowest BCUT2D eigenvalue weighted by Gasteiger charge is -2.17. The van der Waals surface area contributed by atoms with Crippen molar-refractivity contribution in [3.05, 3.63) is 66.2 Å². The molecular weight excluding hydrogens is 360 g/mol. The van der Waals surface area contributed by atoms with E-state index in [1.165, 1.54) is 0 Å². The number of fused-ring (bicyclic) bond motifs is 2. The first-order valence-electron chi connectivity index (χ1n) is 8.93. The molecule has 3 aromatic carbocycles. The number of sulfonamides is 1. The molecule has 0 atom stereocenters. The first-order valence-corrected chi connectivity index (χ1v) is 10.4. The minimum absolute atomic E-state index is 0.0539. The Morgan fingerprint density at radius 1 is 1.07 bits per heavy atom. The van der Waals surface area contributed by atoms with E-state index in [9.17, 15) is 13.2 Å². The summed E-state index contributed by atoms with van der Waals surface area (Å²) in [5, 5.41) is 1.82.